The largest absolute Gasteiger partial charge is 0.361 e. The van der Waals surface area contributed by atoms with Crippen molar-refractivity contribution in [2.45, 2.75) is 0 Å². The van der Waals surface area contributed by atoms with Crippen LogP contribution in [0, 0.1) is 0 Å². The van der Waals surface area contributed by atoms with E-state index in [0.717, 1.165) is 22.8 Å². The topological polar surface area (TPSA) is 68.3 Å². The minimum atomic E-state index is -3.45. The second-order valence-corrected chi connectivity index (χ2v) is 5.74. The standard InChI is InChI=1S/C11H11ClN2O3S/c1-18(15,16)17-7-14-10-4-5-13-11-6-8(12)2-3-9(10)11/h2-6H,7H2,1H3,(H,13,14). The predicted molar refractivity (Wildman–Crippen MR) is 71.2 cm³/mol. The Bertz CT molecular complexity index is 673. The van der Waals surface area contributed by atoms with Gasteiger partial charge in [0.05, 0.1) is 11.8 Å². The van der Waals surface area contributed by atoms with Gasteiger partial charge in [-0.3, -0.25) is 4.98 Å². The molecule has 0 saturated carbocycles. The van der Waals surface area contributed by atoms with Crippen molar-refractivity contribution in [3.05, 3.63) is 35.5 Å². The van der Waals surface area contributed by atoms with Gasteiger partial charge in [0.15, 0.2) is 0 Å². The summed E-state index contributed by atoms with van der Waals surface area (Å²) in [6, 6.07) is 7.03. The van der Waals surface area contributed by atoms with E-state index in [2.05, 4.69) is 14.5 Å². The minimum absolute atomic E-state index is 0.124. The monoisotopic (exact) mass is 286 g/mol. The summed E-state index contributed by atoms with van der Waals surface area (Å²) in [6.45, 7) is -0.124. The van der Waals surface area contributed by atoms with E-state index in [1.54, 1.807) is 24.4 Å². The fraction of sp³-hybridized carbons (Fsp3) is 0.182. The van der Waals surface area contributed by atoms with Crippen LogP contribution in [0.3, 0.4) is 0 Å². The lowest BCUT2D eigenvalue weighted by molar-refractivity contribution is 0.348. The Kier molecular flexibility index (Phi) is 3.70. The fourth-order valence-corrected chi connectivity index (χ4v) is 1.93. The number of hydrogen-bond donors (Lipinski definition) is 1. The number of rotatable bonds is 4. The smallest absolute Gasteiger partial charge is 0.266 e. The third-order valence-electron chi connectivity index (χ3n) is 2.24. The SMILES string of the molecule is CS(=O)(=O)OCNc1ccnc2cc(Cl)ccc12. The third-order valence-corrected chi connectivity index (χ3v) is 3.02. The van der Waals surface area contributed by atoms with Gasteiger partial charge < -0.3 is 5.32 Å². The molecular formula is C11H11ClN2O3S. The molecule has 0 aliphatic heterocycles. The van der Waals surface area contributed by atoms with E-state index < -0.39 is 10.1 Å². The molecule has 1 aromatic carbocycles. The normalized spacial score (nSPS) is 11.7. The zero-order chi connectivity index (χ0) is 13.2. The number of benzene rings is 1. The number of aromatic nitrogens is 1. The summed E-state index contributed by atoms with van der Waals surface area (Å²) < 4.78 is 26.3. The third kappa shape index (κ3) is 3.32. The van der Waals surface area contributed by atoms with E-state index in [0.29, 0.717) is 5.02 Å². The highest BCUT2D eigenvalue weighted by Crippen LogP contribution is 2.24. The van der Waals surface area contributed by atoms with Gasteiger partial charge in [0.1, 0.15) is 6.73 Å². The highest BCUT2D eigenvalue weighted by Gasteiger charge is 2.04. The van der Waals surface area contributed by atoms with Crippen molar-refractivity contribution < 1.29 is 12.6 Å². The molecule has 0 unspecified atom stereocenters. The highest BCUT2D eigenvalue weighted by atomic mass is 35.5. The Labute approximate surface area is 110 Å². The summed E-state index contributed by atoms with van der Waals surface area (Å²) in [5, 5.41) is 4.32. The minimum Gasteiger partial charge on any atom is -0.361 e. The van der Waals surface area contributed by atoms with Crippen LogP contribution in [0.4, 0.5) is 5.69 Å². The number of nitrogens with zero attached hydrogens (tertiary/aromatic N) is 1. The number of halogens is 1. The average Bonchev–Trinajstić information content (AvgIpc) is 2.27. The van der Waals surface area contributed by atoms with E-state index >= 15 is 0 Å². The predicted octanol–water partition coefficient (Wildman–Crippen LogP) is 2.23. The Morgan fingerprint density at radius 1 is 1.39 bits per heavy atom. The number of pyridine rings is 1. The number of nitrogens with one attached hydrogen (secondary N) is 1. The molecule has 0 radical (unpaired) electrons. The Hall–Kier alpha value is -1.37. The van der Waals surface area contributed by atoms with Crippen LogP contribution in [0.5, 0.6) is 0 Å². The molecule has 0 saturated heterocycles. The molecule has 0 aliphatic carbocycles. The molecule has 0 amide bonds. The summed E-state index contributed by atoms with van der Waals surface area (Å²) >= 11 is 5.87. The van der Waals surface area contributed by atoms with Crippen LogP contribution < -0.4 is 5.32 Å². The van der Waals surface area contributed by atoms with Gasteiger partial charge in [0, 0.05) is 22.3 Å². The first-order valence-corrected chi connectivity index (χ1v) is 7.28. The van der Waals surface area contributed by atoms with Crippen molar-refractivity contribution in [2.24, 2.45) is 0 Å². The quantitative estimate of drug-likeness (QED) is 0.689. The first-order valence-electron chi connectivity index (χ1n) is 5.08. The van der Waals surface area contributed by atoms with E-state index in [-0.39, 0.29) is 6.73 Å². The van der Waals surface area contributed by atoms with Crippen LogP contribution in [-0.4, -0.2) is 26.4 Å². The fourth-order valence-electron chi connectivity index (χ4n) is 1.49. The van der Waals surface area contributed by atoms with Crippen LogP contribution in [-0.2, 0) is 14.3 Å². The van der Waals surface area contributed by atoms with Crippen molar-refractivity contribution in [1.82, 2.24) is 4.98 Å². The maximum absolute atomic E-state index is 10.8. The van der Waals surface area contributed by atoms with Gasteiger partial charge in [-0.15, -0.1) is 0 Å². The van der Waals surface area contributed by atoms with Crippen LogP contribution in [0.25, 0.3) is 10.9 Å². The van der Waals surface area contributed by atoms with Gasteiger partial charge in [-0.1, -0.05) is 11.6 Å². The van der Waals surface area contributed by atoms with E-state index in [9.17, 15) is 8.42 Å². The molecule has 0 bridgehead atoms. The molecule has 1 N–H and O–H groups in total. The Balaban J connectivity index is 2.23. The highest BCUT2D eigenvalue weighted by molar-refractivity contribution is 7.85. The van der Waals surface area contributed by atoms with E-state index in [1.165, 1.54) is 0 Å². The molecule has 0 fully saturated rings. The second-order valence-electron chi connectivity index (χ2n) is 3.66. The van der Waals surface area contributed by atoms with Crippen molar-refractivity contribution in [1.29, 1.82) is 0 Å². The van der Waals surface area contributed by atoms with Gasteiger partial charge >= 0.3 is 0 Å². The lowest BCUT2D eigenvalue weighted by Gasteiger charge is -2.09. The number of fused-ring (bicyclic) bond motifs is 1. The summed E-state index contributed by atoms with van der Waals surface area (Å²) in [7, 11) is -3.45. The van der Waals surface area contributed by atoms with Gasteiger partial charge in [-0.05, 0) is 24.3 Å². The lowest BCUT2D eigenvalue weighted by atomic mass is 10.2. The molecule has 0 spiro atoms. The van der Waals surface area contributed by atoms with Crippen LogP contribution in [0.2, 0.25) is 5.02 Å². The van der Waals surface area contributed by atoms with Crippen LogP contribution in [0.15, 0.2) is 30.5 Å². The van der Waals surface area contributed by atoms with E-state index in [1.807, 2.05) is 6.07 Å². The first kappa shape index (κ1) is 13.1. The van der Waals surface area contributed by atoms with Crippen LogP contribution >= 0.6 is 11.6 Å². The zero-order valence-corrected chi connectivity index (χ0v) is 11.1. The Morgan fingerprint density at radius 2 is 2.17 bits per heavy atom. The molecule has 96 valence electrons. The molecular weight excluding hydrogens is 276 g/mol. The molecule has 2 aromatic rings. The van der Waals surface area contributed by atoms with Crippen molar-refractivity contribution >= 4 is 38.3 Å². The molecule has 1 heterocycles. The molecule has 2 rings (SSSR count). The summed E-state index contributed by atoms with van der Waals surface area (Å²) in [5.74, 6) is 0. The Morgan fingerprint density at radius 3 is 2.89 bits per heavy atom. The molecule has 7 heteroatoms. The molecule has 0 atom stereocenters. The van der Waals surface area contributed by atoms with Gasteiger partial charge in [-0.25, -0.2) is 4.18 Å². The van der Waals surface area contributed by atoms with Crippen molar-refractivity contribution in [2.75, 3.05) is 18.3 Å². The lowest BCUT2D eigenvalue weighted by Crippen LogP contribution is -2.11. The molecule has 18 heavy (non-hydrogen) atoms. The summed E-state index contributed by atoms with van der Waals surface area (Å²) in [4.78, 5) is 4.18. The average molecular weight is 287 g/mol. The second kappa shape index (κ2) is 5.09. The first-order chi connectivity index (χ1) is 8.46. The van der Waals surface area contributed by atoms with Crippen molar-refractivity contribution in [3.8, 4) is 0 Å². The van der Waals surface area contributed by atoms with Gasteiger partial charge in [0.2, 0.25) is 0 Å². The maximum atomic E-state index is 10.8. The zero-order valence-electron chi connectivity index (χ0n) is 9.55. The van der Waals surface area contributed by atoms with Crippen molar-refractivity contribution in [3.63, 3.8) is 0 Å². The van der Waals surface area contributed by atoms with Gasteiger partial charge in [-0.2, -0.15) is 8.42 Å². The number of anilines is 1. The molecule has 5 nitrogen and oxygen atoms in total. The summed E-state index contributed by atoms with van der Waals surface area (Å²) in [6.07, 6.45) is 2.61. The maximum Gasteiger partial charge on any atom is 0.266 e. The number of hydrogen-bond acceptors (Lipinski definition) is 5. The summed E-state index contributed by atoms with van der Waals surface area (Å²) in [5.41, 5.74) is 1.46. The molecule has 1 aromatic heterocycles. The molecule has 0 aliphatic rings. The van der Waals surface area contributed by atoms with Crippen LogP contribution in [0.1, 0.15) is 0 Å². The van der Waals surface area contributed by atoms with Gasteiger partial charge in [0.25, 0.3) is 10.1 Å². The van der Waals surface area contributed by atoms with E-state index in [4.69, 9.17) is 11.6 Å².